The van der Waals surface area contributed by atoms with Crippen molar-refractivity contribution in [1.29, 1.82) is 0 Å². The first-order valence-corrected chi connectivity index (χ1v) is 6.94. The molecular formula is C16H11BrN2O. The summed E-state index contributed by atoms with van der Waals surface area (Å²) in [7, 11) is 0. The molecule has 0 saturated carbocycles. The second kappa shape index (κ2) is 5.43. The highest BCUT2D eigenvalue weighted by Crippen LogP contribution is 2.13. The average molecular weight is 327 g/mol. The lowest BCUT2D eigenvalue weighted by atomic mass is 10.2. The lowest BCUT2D eigenvalue weighted by Gasteiger charge is -1.98. The van der Waals surface area contributed by atoms with E-state index in [1.807, 2.05) is 54.6 Å². The van der Waals surface area contributed by atoms with Gasteiger partial charge in [0.15, 0.2) is 0 Å². The van der Waals surface area contributed by atoms with Crippen LogP contribution in [0.15, 0.2) is 57.8 Å². The van der Waals surface area contributed by atoms with E-state index >= 15 is 0 Å². The first kappa shape index (κ1) is 12.8. The van der Waals surface area contributed by atoms with Crippen molar-refractivity contribution < 1.29 is 0 Å². The summed E-state index contributed by atoms with van der Waals surface area (Å²) in [5.74, 6) is 0. The molecule has 3 nitrogen and oxygen atoms in total. The summed E-state index contributed by atoms with van der Waals surface area (Å²) in [6, 6.07) is 15.3. The van der Waals surface area contributed by atoms with E-state index in [9.17, 15) is 4.79 Å². The molecule has 0 aliphatic rings. The van der Waals surface area contributed by atoms with Gasteiger partial charge in [0.05, 0.1) is 11.0 Å². The minimum absolute atomic E-state index is 0.183. The van der Waals surface area contributed by atoms with Gasteiger partial charge in [0.25, 0.3) is 5.56 Å². The fourth-order valence-electron chi connectivity index (χ4n) is 1.91. The number of halogens is 1. The standard InChI is InChI=1S/C16H11BrN2O/c17-12-8-5-11(6-9-12)7-10-15-16(20)19-14-4-2-1-3-13(14)18-15/h1-10H,(H,19,20). The Hall–Kier alpha value is -2.20. The van der Waals surface area contributed by atoms with Gasteiger partial charge in [-0.15, -0.1) is 0 Å². The zero-order chi connectivity index (χ0) is 13.9. The second-order valence-corrected chi connectivity index (χ2v) is 5.27. The van der Waals surface area contributed by atoms with Gasteiger partial charge in [0.2, 0.25) is 0 Å². The summed E-state index contributed by atoms with van der Waals surface area (Å²) < 4.78 is 1.02. The number of H-pyrrole nitrogens is 1. The van der Waals surface area contributed by atoms with E-state index in [-0.39, 0.29) is 5.56 Å². The Morgan fingerprint density at radius 2 is 1.75 bits per heavy atom. The van der Waals surface area contributed by atoms with Crippen molar-refractivity contribution in [3.63, 3.8) is 0 Å². The third-order valence-corrected chi connectivity index (χ3v) is 3.46. The Balaban J connectivity index is 2.00. The van der Waals surface area contributed by atoms with Gasteiger partial charge in [0.1, 0.15) is 5.69 Å². The van der Waals surface area contributed by atoms with Crippen molar-refractivity contribution in [2.45, 2.75) is 0 Å². The first-order chi connectivity index (χ1) is 9.72. The molecule has 20 heavy (non-hydrogen) atoms. The van der Waals surface area contributed by atoms with Crippen molar-refractivity contribution >= 4 is 39.1 Å². The minimum atomic E-state index is -0.183. The number of nitrogens with one attached hydrogen (secondary N) is 1. The number of para-hydroxylation sites is 2. The summed E-state index contributed by atoms with van der Waals surface area (Å²) >= 11 is 3.39. The minimum Gasteiger partial charge on any atom is -0.319 e. The molecule has 0 unspecified atom stereocenters. The second-order valence-electron chi connectivity index (χ2n) is 4.35. The van der Waals surface area contributed by atoms with Gasteiger partial charge in [-0.3, -0.25) is 4.79 Å². The maximum atomic E-state index is 11.9. The SMILES string of the molecule is O=c1[nH]c2ccccc2nc1C=Cc1ccc(Br)cc1. The molecule has 0 fully saturated rings. The summed E-state index contributed by atoms with van der Waals surface area (Å²) in [6.07, 6.45) is 3.60. The zero-order valence-corrected chi connectivity index (χ0v) is 12.1. The van der Waals surface area contributed by atoms with Gasteiger partial charge >= 0.3 is 0 Å². The molecule has 3 aromatic rings. The summed E-state index contributed by atoms with van der Waals surface area (Å²) in [4.78, 5) is 19.1. The van der Waals surface area contributed by atoms with E-state index in [1.54, 1.807) is 6.08 Å². The molecular weight excluding hydrogens is 316 g/mol. The third-order valence-electron chi connectivity index (χ3n) is 2.93. The number of benzene rings is 2. The van der Waals surface area contributed by atoms with Crippen LogP contribution in [0.5, 0.6) is 0 Å². The Bertz CT molecular complexity index is 835. The number of aromatic nitrogens is 2. The van der Waals surface area contributed by atoms with Crippen LogP contribution in [0.3, 0.4) is 0 Å². The van der Waals surface area contributed by atoms with Crippen LogP contribution in [0, 0.1) is 0 Å². The topological polar surface area (TPSA) is 45.8 Å². The number of fused-ring (bicyclic) bond motifs is 1. The zero-order valence-electron chi connectivity index (χ0n) is 10.5. The molecule has 0 saturated heterocycles. The molecule has 1 N–H and O–H groups in total. The van der Waals surface area contributed by atoms with E-state index < -0.39 is 0 Å². The van der Waals surface area contributed by atoms with Crippen molar-refractivity contribution in [2.75, 3.05) is 0 Å². The molecule has 0 bridgehead atoms. The lowest BCUT2D eigenvalue weighted by molar-refractivity contribution is 1.19. The van der Waals surface area contributed by atoms with Gasteiger partial charge in [-0.1, -0.05) is 46.3 Å². The molecule has 0 radical (unpaired) electrons. The number of hydrogen-bond donors (Lipinski definition) is 1. The van der Waals surface area contributed by atoms with E-state index in [0.717, 1.165) is 21.1 Å². The molecule has 0 amide bonds. The quantitative estimate of drug-likeness (QED) is 0.777. The first-order valence-electron chi connectivity index (χ1n) is 6.15. The van der Waals surface area contributed by atoms with Crippen molar-refractivity contribution in [2.24, 2.45) is 0 Å². The maximum Gasteiger partial charge on any atom is 0.274 e. The van der Waals surface area contributed by atoms with Crippen LogP contribution in [0.4, 0.5) is 0 Å². The maximum absolute atomic E-state index is 11.9. The highest BCUT2D eigenvalue weighted by molar-refractivity contribution is 9.10. The van der Waals surface area contributed by atoms with Gasteiger partial charge in [0, 0.05) is 4.47 Å². The van der Waals surface area contributed by atoms with Gasteiger partial charge < -0.3 is 4.98 Å². The number of rotatable bonds is 2. The van der Waals surface area contributed by atoms with Gasteiger partial charge in [-0.25, -0.2) is 4.98 Å². The smallest absolute Gasteiger partial charge is 0.274 e. The molecule has 0 spiro atoms. The van der Waals surface area contributed by atoms with E-state index in [4.69, 9.17) is 0 Å². The Morgan fingerprint density at radius 1 is 1.00 bits per heavy atom. The highest BCUT2D eigenvalue weighted by Gasteiger charge is 2.00. The van der Waals surface area contributed by atoms with Crippen LogP contribution in [0.1, 0.15) is 11.3 Å². The van der Waals surface area contributed by atoms with Crippen LogP contribution in [0.2, 0.25) is 0 Å². The molecule has 1 aromatic heterocycles. The van der Waals surface area contributed by atoms with Crippen LogP contribution in [-0.4, -0.2) is 9.97 Å². The molecule has 0 atom stereocenters. The summed E-state index contributed by atoms with van der Waals surface area (Å²) in [5, 5.41) is 0. The molecule has 0 aliphatic heterocycles. The van der Waals surface area contributed by atoms with Crippen molar-refractivity contribution in [3.05, 3.63) is 74.6 Å². The molecule has 98 valence electrons. The van der Waals surface area contributed by atoms with E-state index in [2.05, 4.69) is 25.9 Å². The largest absolute Gasteiger partial charge is 0.319 e. The van der Waals surface area contributed by atoms with Crippen LogP contribution >= 0.6 is 15.9 Å². The molecule has 3 rings (SSSR count). The summed E-state index contributed by atoms with van der Waals surface area (Å²) in [6.45, 7) is 0. The number of aromatic amines is 1. The van der Waals surface area contributed by atoms with E-state index in [1.165, 1.54) is 0 Å². The fraction of sp³-hybridized carbons (Fsp3) is 0. The lowest BCUT2D eigenvalue weighted by Crippen LogP contribution is -2.11. The van der Waals surface area contributed by atoms with Gasteiger partial charge in [-0.2, -0.15) is 0 Å². The van der Waals surface area contributed by atoms with Crippen molar-refractivity contribution in [1.82, 2.24) is 9.97 Å². The van der Waals surface area contributed by atoms with Crippen LogP contribution in [-0.2, 0) is 0 Å². The molecule has 4 heteroatoms. The average Bonchev–Trinajstić information content (AvgIpc) is 2.47. The predicted molar refractivity (Wildman–Crippen MR) is 85.4 cm³/mol. The number of hydrogen-bond acceptors (Lipinski definition) is 2. The van der Waals surface area contributed by atoms with E-state index in [0.29, 0.717) is 5.69 Å². The van der Waals surface area contributed by atoms with Crippen LogP contribution in [0.25, 0.3) is 23.2 Å². The Kier molecular flexibility index (Phi) is 3.48. The molecule has 1 heterocycles. The Labute approximate surface area is 124 Å². The van der Waals surface area contributed by atoms with Gasteiger partial charge in [-0.05, 0) is 35.9 Å². The van der Waals surface area contributed by atoms with Crippen molar-refractivity contribution in [3.8, 4) is 0 Å². The molecule has 0 aliphatic carbocycles. The molecule has 2 aromatic carbocycles. The fourth-order valence-corrected chi connectivity index (χ4v) is 2.17. The normalized spacial score (nSPS) is 11.2. The monoisotopic (exact) mass is 326 g/mol. The Morgan fingerprint density at radius 3 is 2.55 bits per heavy atom. The third kappa shape index (κ3) is 2.70. The number of nitrogens with zero attached hydrogens (tertiary/aromatic N) is 1. The van der Waals surface area contributed by atoms with Crippen LogP contribution < -0.4 is 5.56 Å². The summed E-state index contributed by atoms with van der Waals surface area (Å²) in [5.41, 5.74) is 2.77. The highest BCUT2D eigenvalue weighted by atomic mass is 79.9. The predicted octanol–water partition coefficient (Wildman–Crippen LogP) is 3.86.